The molecule has 0 aliphatic heterocycles. The van der Waals surface area contributed by atoms with Crippen LogP contribution in [0.4, 0.5) is 19.1 Å². The Labute approximate surface area is 184 Å². The number of amides is 1. The third-order valence-corrected chi connectivity index (χ3v) is 4.65. The fraction of sp³-hybridized carbons (Fsp3) is 0.0952. The van der Waals surface area contributed by atoms with E-state index in [1.807, 2.05) is 0 Å². The van der Waals surface area contributed by atoms with Crippen LogP contribution in [0.15, 0.2) is 59.3 Å². The zero-order valence-corrected chi connectivity index (χ0v) is 16.9. The van der Waals surface area contributed by atoms with Crippen LogP contribution in [0.25, 0.3) is 0 Å². The minimum absolute atomic E-state index is 0.0231. The van der Waals surface area contributed by atoms with Gasteiger partial charge in [0.05, 0.1) is 6.54 Å². The van der Waals surface area contributed by atoms with Gasteiger partial charge in [-0.05, 0) is 36.4 Å². The quantitative estimate of drug-likeness (QED) is 0.426. The summed E-state index contributed by atoms with van der Waals surface area (Å²) in [7, 11) is 0. The second-order valence-electron chi connectivity index (χ2n) is 6.55. The van der Waals surface area contributed by atoms with E-state index in [0.717, 1.165) is 12.1 Å². The highest BCUT2D eigenvalue weighted by molar-refractivity contribution is 6.31. The van der Waals surface area contributed by atoms with Crippen LogP contribution >= 0.6 is 11.6 Å². The molecule has 0 saturated heterocycles. The Kier molecular flexibility index (Phi) is 6.13. The number of hydrogen-bond acceptors (Lipinski definition) is 5. The lowest BCUT2D eigenvalue weighted by Crippen LogP contribution is -2.13. The van der Waals surface area contributed by atoms with Crippen LogP contribution in [0.1, 0.15) is 21.9 Å². The first-order valence-electron chi connectivity index (χ1n) is 9.19. The normalized spacial score (nSPS) is 10.9. The van der Waals surface area contributed by atoms with Crippen molar-refractivity contribution in [3.05, 3.63) is 94.4 Å². The van der Waals surface area contributed by atoms with Crippen LogP contribution in [0.3, 0.4) is 0 Å². The summed E-state index contributed by atoms with van der Waals surface area (Å²) >= 11 is 6.00. The third kappa shape index (κ3) is 4.92. The molecule has 0 fully saturated rings. The Hall–Kier alpha value is -3.79. The molecule has 11 heteroatoms. The topological polar surface area (TPSA) is 82.2 Å². The molecule has 0 radical (unpaired) electrons. The molecule has 0 spiro atoms. The molecule has 7 nitrogen and oxygen atoms in total. The van der Waals surface area contributed by atoms with E-state index in [0.29, 0.717) is 6.07 Å². The smallest absolute Gasteiger partial charge is 0.293 e. The maximum atomic E-state index is 13.9. The van der Waals surface area contributed by atoms with E-state index in [-0.39, 0.29) is 47.0 Å². The third-order valence-electron chi connectivity index (χ3n) is 4.29. The summed E-state index contributed by atoms with van der Waals surface area (Å²) in [6.45, 7) is -0.150. The van der Waals surface area contributed by atoms with Crippen LogP contribution in [-0.2, 0) is 13.2 Å². The fourth-order valence-corrected chi connectivity index (χ4v) is 2.98. The molecule has 0 atom stereocenters. The Morgan fingerprint density at radius 3 is 2.75 bits per heavy atom. The van der Waals surface area contributed by atoms with Crippen LogP contribution in [0.2, 0.25) is 5.02 Å². The van der Waals surface area contributed by atoms with E-state index < -0.39 is 23.4 Å². The first kappa shape index (κ1) is 21.4. The summed E-state index contributed by atoms with van der Waals surface area (Å²) in [6, 6.07) is 10.1. The van der Waals surface area contributed by atoms with Crippen molar-refractivity contribution in [3.8, 4) is 5.75 Å². The Balaban J connectivity index is 1.36. The number of rotatable bonds is 7. The molecule has 164 valence electrons. The number of ether oxygens (including phenoxy) is 1. The van der Waals surface area contributed by atoms with E-state index >= 15 is 0 Å². The van der Waals surface area contributed by atoms with Crippen molar-refractivity contribution < 1.29 is 27.1 Å². The predicted molar refractivity (Wildman–Crippen MR) is 108 cm³/mol. The minimum Gasteiger partial charge on any atom is -0.483 e. The van der Waals surface area contributed by atoms with Gasteiger partial charge in [0.2, 0.25) is 5.95 Å². The van der Waals surface area contributed by atoms with Gasteiger partial charge in [0, 0.05) is 16.7 Å². The number of benzene rings is 2. The molecule has 32 heavy (non-hydrogen) atoms. The van der Waals surface area contributed by atoms with Gasteiger partial charge in [-0.1, -0.05) is 17.7 Å². The monoisotopic (exact) mass is 462 g/mol. The summed E-state index contributed by atoms with van der Waals surface area (Å²) in [5, 5.41) is 6.76. The van der Waals surface area contributed by atoms with Crippen LogP contribution in [0, 0.1) is 17.5 Å². The maximum absolute atomic E-state index is 13.9. The van der Waals surface area contributed by atoms with Gasteiger partial charge in [-0.25, -0.2) is 22.8 Å². The van der Waals surface area contributed by atoms with E-state index in [9.17, 15) is 18.0 Å². The number of hydrogen-bond donors (Lipinski definition) is 1. The van der Waals surface area contributed by atoms with Gasteiger partial charge in [0.15, 0.2) is 17.3 Å². The van der Waals surface area contributed by atoms with E-state index in [1.165, 1.54) is 35.3 Å². The Bertz CT molecular complexity index is 1250. The summed E-state index contributed by atoms with van der Waals surface area (Å²) in [5.41, 5.74) is 0.241. The number of carbonyl (C=O) groups is 1. The lowest BCUT2D eigenvalue weighted by molar-refractivity contribution is 0.0991. The molecule has 2 aromatic carbocycles. The van der Waals surface area contributed by atoms with Crippen LogP contribution in [0.5, 0.6) is 5.75 Å². The van der Waals surface area contributed by atoms with E-state index in [2.05, 4.69) is 15.4 Å². The standard InChI is InChI=1S/C21H14ClF3N4O3/c22-15-2-1-3-16(24)14(15)9-29-11-26-21(28-29)27-20(30)19-7-5-13(32-19)10-31-18-6-4-12(23)8-17(18)25/h1-8,11H,9-10H2,(H,27,28,30). The van der Waals surface area contributed by atoms with Crippen molar-refractivity contribution in [2.45, 2.75) is 13.2 Å². The van der Waals surface area contributed by atoms with Crippen molar-refractivity contribution in [1.29, 1.82) is 0 Å². The first-order valence-corrected chi connectivity index (χ1v) is 9.57. The highest BCUT2D eigenvalue weighted by Crippen LogP contribution is 2.21. The van der Waals surface area contributed by atoms with Crippen molar-refractivity contribution in [2.75, 3.05) is 5.32 Å². The lowest BCUT2D eigenvalue weighted by atomic mass is 10.2. The molecular weight excluding hydrogens is 449 g/mol. The molecule has 0 unspecified atom stereocenters. The number of carbonyl (C=O) groups excluding carboxylic acids is 1. The molecule has 0 aliphatic carbocycles. The van der Waals surface area contributed by atoms with E-state index in [4.69, 9.17) is 20.8 Å². The zero-order valence-electron chi connectivity index (χ0n) is 16.2. The molecule has 1 N–H and O–H groups in total. The molecule has 4 rings (SSSR count). The first-order chi connectivity index (χ1) is 15.4. The molecule has 0 saturated carbocycles. The van der Waals surface area contributed by atoms with Gasteiger partial charge < -0.3 is 9.15 Å². The largest absolute Gasteiger partial charge is 0.483 e. The SMILES string of the molecule is O=C(Nc1ncn(Cc2c(F)cccc2Cl)n1)c1ccc(COc2ccc(F)cc2F)o1. The number of aromatic nitrogens is 3. The van der Waals surface area contributed by atoms with Crippen molar-refractivity contribution in [1.82, 2.24) is 14.8 Å². The Morgan fingerprint density at radius 2 is 1.97 bits per heavy atom. The molecule has 4 aromatic rings. The number of anilines is 1. The summed E-state index contributed by atoms with van der Waals surface area (Å²) in [5.74, 6) is -2.69. The van der Waals surface area contributed by atoms with Crippen molar-refractivity contribution in [2.24, 2.45) is 0 Å². The lowest BCUT2D eigenvalue weighted by Gasteiger charge is -2.05. The molecule has 0 bridgehead atoms. The number of furan rings is 1. The predicted octanol–water partition coefficient (Wildman–Crippen LogP) is 4.82. The summed E-state index contributed by atoms with van der Waals surface area (Å²) < 4.78 is 52.4. The van der Waals surface area contributed by atoms with Crippen LogP contribution in [-0.4, -0.2) is 20.7 Å². The van der Waals surface area contributed by atoms with Gasteiger partial charge in [-0.15, -0.1) is 5.10 Å². The van der Waals surface area contributed by atoms with Gasteiger partial charge in [-0.3, -0.25) is 10.1 Å². The maximum Gasteiger partial charge on any atom is 0.293 e. The van der Waals surface area contributed by atoms with Crippen molar-refractivity contribution >= 4 is 23.5 Å². The fourth-order valence-electron chi connectivity index (χ4n) is 2.76. The summed E-state index contributed by atoms with van der Waals surface area (Å²) in [6.07, 6.45) is 1.32. The van der Waals surface area contributed by atoms with Gasteiger partial charge in [0.25, 0.3) is 5.91 Å². The minimum atomic E-state index is -0.854. The molecule has 2 aromatic heterocycles. The number of nitrogens with one attached hydrogen (secondary N) is 1. The highest BCUT2D eigenvalue weighted by atomic mass is 35.5. The zero-order chi connectivity index (χ0) is 22.7. The Morgan fingerprint density at radius 1 is 1.12 bits per heavy atom. The molecular formula is C21H14ClF3N4O3. The van der Waals surface area contributed by atoms with Crippen molar-refractivity contribution in [3.63, 3.8) is 0 Å². The molecule has 0 aliphatic rings. The second-order valence-corrected chi connectivity index (χ2v) is 6.96. The average molecular weight is 463 g/mol. The molecule has 1 amide bonds. The summed E-state index contributed by atoms with van der Waals surface area (Å²) in [4.78, 5) is 16.3. The highest BCUT2D eigenvalue weighted by Gasteiger charge is 2.15. The van der Waals surface area contributed by atoms with Gasteiger partial charge in [0.1, 0.15) is 30.3 Å². The number of nitrogens with zero attached hydrogens (tertiary/aromatic N) is 3. The average Bonchev–Trinajstić information content (AvgIpc) is 3.40. The second kappa shape index (κ2) is 9.15. The van der Waals surface area contributed by atoms with E-state index in [1.54, 1.807) is 6.07 Å². The van der Waals surface area contributed by atoms with Gasteiger partial charge in [-0.2, -0.15) is 0 Å². The van der Waals surface area contributed by atoms with Gasteiger partial charge >= 0.3 is 0 Å². The number of halogens is 4. The van der Waals surface area contributed by atoms with Crippen LogP contribution < -0.4 is 10.1 Å². The molecule has 2 heterocycles.